The number of ether oxygens (including phenoxy) is 2. The number of alkyl halides is 2. The molecule has 4 rings (SSSR count). The molecule has 0 aromatic heterocycles. The number of fused-ring (bicyclic) bond motifs is 1. The van der Waals surface area contributed by atoms with Crippen molar-refractivity contribution in [3.05, 3.63) is 57.8 Å². The summed E-state index contributed by atoms with van der Waals surface area (Å²) in [6.45, 7) is -0.183. The molecule has 27 heavy (non-hydrogen) atoms. The Morgan fingerprint density at radius 2 is 1.93 bits per heavy atom. The Hall–Kier alpha value is -1.03. The van der Waals surface area contributed by atoms with Gasteiger partial charge in [0.2, 0.25) is 0 Å². The van der Waals surface area contributed by atoms with Crippen LogP contribution in [-0.2, 0) is 4.08 Å². The minimum atomic E-state index is -3.68. The van der Waals surface area contributed by atoms with E-state index >= 15 is 0 Å². The number of aliphatic hydroxyl groups is 1. The lowest BCUT2D eigenvalue weighted by Crippen LogP contribution is -2.28. The van der Waals surface area contributed by atoms with Crippen molar-refractivity contribution < 1.29 is 27.8 Å². The maximum atomic E-state index is 13.6. The van der Waals surface area contributed by atoms with Gasteiger partial charge in [0.25, 0.3) is 0 Å². The molecule has 0 spiro atoms. The van der Waals surface area contributed by atoms with Gasteiger partial charge in [-0.05, 0) is 63.5 Å². The van der Waals surface area contributed by atoms with Crippen LogP contribution in [0.4, 0.5) is 13.2 Å². The molecule has 1 fully saturated rings. The standard InChI is InChI=1S/C18H14BrF3O3S2/c19-12-7-10(1-3-13(12)20)16-5-6-26-17(9-23,27-16)11-2-4-14-15(8-11)25-18(21,22)24-14/h1-4,7-8,16,23H,5-6,9H2. The lowest BCUT2D eigenvalue weighted by Gasteiger charge is -2.39. The Morgan fingerprint density at radius 1 is 1.15 bits per heavy atom. The average Bonchev–Trinajstić information content (AvgIpc) is 2.96. The van der Waals surface area contributed by atoms with Crippen LogP contribution in [0.3, 0.4) is 0 Å². The first-order valence-electron chi connectivity index (χ1n) is 8.10. The Labute approximate surface area is 170 Å². The first kappa shape index (κ1) is 19.3. The lowest BCUT2D eigenvalue weighted by molar-refractivity contribution is -0.286. The molecule has 2 heterocycles. The molecule has 9 heteroatoms. The molecule has 0 amide bonds. The molecule has 2 aliphatic rings. The van der Waals surface area contributed by atoms with Gasteiger partial charge in [-0.1, -0.05) is 12.1 Å². The van der Waals surface area contributed by atoms with Crippen molar-refractivity contribution in [2.24, 2.45) is 0 Å². The zero-order chi connectivity index (χ0) is 19.2. The second-order valence-electron chi connectivity index (χ2n) is 6.16. The maximum Gasteiger partial charge on any atom is 0.586 e. The summed E-state index contributed by atoms with van der Waals surface area (Å²) in [4.78, 5) is 0. The number of aliphatic hydroxyl groups excluding tert-OH is 1. The largest absolute Gasteiger partial charge is 0.586 e. The number of halogens is 4. The van der Waals surface area contributed by atoms with Gasteiger partial charge in [0.1, 0.15) is 9.90 Å². The fourth-order valence-electron chi connectivity index (χ4n) is 3.11. The van der Waals surface area contributed by atoms with Crippen LogP contribution >= 0.6 is 39.5 Å². The van der Waals surface area contributed by atoms with Gasteiger partial charge in [0.05, 0.1) is 11.1 Å². The van der Waals surface area contributed by atoms with Crippen molar-refractivity contribution in [2.45, 2.75) is 22.0 Å². The van der Waals surface area contributed by atoms with Crippen LogP contribution < -0.4 is 9.47 Å². The summed E-state index contributed by atoms with van der Waals surface area (Å²) in [6.07, 6.45) is -2.83. The van der Waals surface area contributed by atoms with Crippen molar-refractivity contribution in [3.8, 4) is 11.5 Å². The lowest BCUT2D eigenvalue weighted by atomic mass is 10.1. The second-order valence-corrected chi connectivity index (χ2v) is 10.2. The molecule has 1 N–H and O–H groups in total. The quantitative estimate of drug-likeness (QED) is 0.615. The number of thioether (sulfide) groups is 2. The third kappa shape index (κ3) is 3.66. The van der Waals surface area contributed by atoms with Crippen molar-refractivity contribution in [1.82, 2.24) is 0 Å². The van der Waals surface area contributed by atoms with E-state index in [-0.39, 0.29) is 29.2 Å². The number of hydrogen-bond donors (Lipinski definition) is 1. The molecule has 2 atom stereocenters. The van der Waals surface area contributed by atoms with Crippen LogP contribution in [-0.4, -0.2) is 23.8 Å². The highest BCUT2D eigenvalue weighted by Crippen LogP contribution is 2.59. The summed E-state index contributed by atoms with van der Waals surface area (Å²) >= 11 is 6.30. The number of rotatable bonds is 3. The highest BCUT2D eigenvalue weighted by molar-refractivity contribution is 9.10. The van der Waals surface area contributed by atoms with E-state index in [1.165, 1.54) is 30.0 Å². The van der Waals surface area contributed by atoms with Crippen molar-refractivity contribution >= 4 is 39.5 Å². The summed E-state index contributed by atoms with van der Waals surface area (Å²) in [5.74, 6) is 0.358. The molecule has 1 saturated heterocycles. The molecular formula is C18H14BrF3O3S2. The average molecular weight is 479 g/mol. The summed E-state index contributed by atoms with van der Waals surface area (Å²) in [5, 5.41) is 10.2. The zero-order valence-electron chi connectivity index (χ0n) is 13.8. The molecule has 0 saturated carbocycles. The van der Waals surface area contributed by atoms with E-state index in [4.69, 9.17) is 0 Å². The van der Waals surface area contributed by atoms with Gasteiger partial charge >= 0.3 is 6.29 Å². The Balaban J connectivity index is 1.65. The van der Waals surface area contributed by atoms with Gasteiger partial charge in [-0.15, -0.1) is 32.3 Å². The first-order chi connectivity index (χ1) is 12.8. The van der Waals surface area contributed by atoms with Crippen molar-refractivity contribution in [3.63, 3.8) is 0 Å². The van der Waals surface area contributed by atoms with E-state index in [1.54, 1.807) is 30.0 Å². The highest BCUT2D eigenvalue weighted by Gasteiger charge is 2.45. The van der Waals surface area contributed by atoms with Gasteiger partial charge in [0, 0.05) is 5.25 Å². The summed E-state index contributed by atoms with van der Waals surface area (Å²) in [6, 6.07) is 9.48. The van der Waals surface area contributed by atoms with E-state index in [2.05, 4.69) is 25.4 Å². The van der Waals surface area contributed by atoms with Gasteiger partial charge < -0.3 is 14.6 Å². The van der Waals surface area contributed by atoms with Crippen LogP contribution in [0.5, 0.6) is 11.5 Å². The Bertz CT molecular complexity index is 883. The van der Waals surface area contributed by atoms with Gasteiger partial charge in [-0.2, -0.15) is 0 Å². The molecule has 2 aromatic carbocycles. The third-order valence-corrected chi connectivity index (χ3v) is 8.47. The number of benzene rings is 2. The number of hydrogen-bond acceptors (Lipinski definition) is 5. The van der Waals surface area contributed by atoms with E-state index in [0.717, 1.165) is 17.7 Å². The molecule has 3 nitrogen and oxygen atoms in total. The monoisotopic (exact) mass is 478 g/mol. The summed E-state index contributed by atoms with van der Waals surface area (Å²) in [7, 11) is 0. The van der Waals surface area contributed by atoms with Crippen LogP contribution in [0.2, 0.25) is 0 Å². The van der Waals surface area contributed by atoms with Crippen LogP contribution in [0.1, 0.15) is 22.8 Å². The SMILES string of the molecule is OCC1(c2ccc3c(c2)OC(F)(F)O3)SCCC(c2ccc(F)c(Br)c2)S1. The topological polar surface area (TPSA) is 38.7 Å². The third-order valence-electron chi connectivity index (χ3n) is 4.41. The molecule has 2 aromatic rings. The van der Waals surface area contributed by atoms with Crippen LogP contribution in [0, 0.1) is 5.82 Å². The molecule has 144 valence electrons. The maximum absolute atomic E-state index is 13.6. The molecule has 2 unspecified atom stereocenters. The Morgan fingerprint density at radius 3 is 2.67 bits per heavy atom. The predicted molar refractivity (Wildman–Crippen MR) is 103 cm³/mol. The smallest absolute Gasteiger partial charge is 0.395 e. The minimum absolute atomic E-state index is 0.0262. The fourth-order valence-corrected chi connectivity index (χ4v) is 6.91. The van der Waals surface area contributed by atoms with Gasteiger partial charge in [-0.3, -0.25) is 0 Å². The van der Waals surface area contributed by atoms with E-state index in [0.29, 0.717) is 10.0 Å². The van der Waals surface area contributed by atoms with E-state index in [1.807, 2.05) is 0 Å². The normalized spacial score (nSPS) is 26.2. The van der Waals surface area contributed by atoms with Crippen molar-refractivity contribution in [1.29, 1.82) is 0 Å². The van der Waals surface area contributed by atoms with E-state index in [9.17, 15) is 18.3 Å². The fraction of sp³-hybridized carbons (Fsp3) is 0.333. The summed E-state index contributed by atoms with van der Waals surface area (Å²) < 4.78 is 48.8. The molecule has 2 aliphatic heterocycles. The second kappa shape index (κ2) is 7.09. The summed E-state index contributed by atoms with van der Waals surface area (Å²) in [5.41, 5.74) is 1.62. The first-order valence-corrected chi connectivity index (χ1v) is 10.8. The molecule has 0 radical (unpaired) electrons. The van der Waals surface area contributed by atoms with Gasteiger partial charge in [0.15, 0.2) is 11.5 Å². The van der Waals surface area contributed by atoms with Crippen LogP contribution in [0.15, 0.2) is 40.9 Å². The minimum Gasteiger partial charge on any atom is -0.395 e. The Kier molecular flexibility index (Phi) is 5.07. The highest BCUT2D eigenvalue weighted by atomic mass is 79.9. The molecular weight excluding hydrogens is 465 g/mol. The predicted octanol–water partition coefficient (Wildman–Crippen LogP) is 5.67. The van der Waals surface area contributed by atoms with Gasteiger partial charge in [-0.25, -0.2) is 4.39 Å². The van der Waals surface area contributed by atoms with Crippen molar-refractivity contribution in [2.75, 3.05) is 12.4 Å². The van der Waals surface area contributed by atoms with Crippen LogP contribution in [0.25, 0.3) is 0 Å². The zero-order valence-corrected chi connectivity index (χ0v) is 17.0. The van der Waals surface area contributed by atoms with E-state index < -0.39 is 10.4 Å². The molecule has 0 aliphatic carbocycles. The molecule has 0 bridgehead atoms.